The van der Waals surface area contributed by atoms with Crippen molar-refractivity contribution in [2.75, 3.05) is 27.3 Å². The lowest BCUT2D eigenvalue weighted by Gasteiger charge is -2.33. The van der Waals surface area contributed by atoms with Crippen molar-refractivity contribution in [3.8, 4) is 5.75 Å². The average molecular weight is 649 g/mol. The first kappa shape index (κ1) is 34.5. The first-order valence-corrected chi connectivity index (χ1v) is 16.6. The van der Waals surface area contributed by atoms with Crippen LogP contribution in [-0.4, -0.2) is 67.3 Å². The molecule has 2 aromatic rings. The molecule has 10 heteroatoms. The molecule has 0 radical (unpaired) electrons. The molecule has 0 unspecified atom stereocenters. The highest BCUT2D eigenvalue weighted by atomic mass is 35.5. The number of aliphatic hydroxyl groups excluding tert-OH is 1. The molecule has 0 spiro atoms. The number of methoxy groups -OCH3 is 1. The van der Waals surface area contributed by atoms with E-state index >= 15 is 0 Å². The number of benzene rings is 2. The van der Waals surface area contributed by atoms with Gasteiger partial charge in [-0.05, 0) is 85.5 Å². The minimum absolute atomic E-state index is 0.0440. The quantitative estimate of drug-likeness (QED) is 0.324. The molecule has 8 nitrogen and oxygen atoms in total. The van der Waals surface area contributed by atoms with Gasteiger partial charge in [0, 0.05) is 42.2 Å². The van der Waals surface area contributed by atoms with Crippen LogP contribution in [0, 0.1) is 5.92 Å². The van der Waals surface area contributed by atoms with Gasteiger partial charge < -0.3 is 30.1 Å². The van der Waals surface area contributed by atoms with Gasteiger partial charge in [-0.15, -0.1) is 0 Å². The molecule has 44 heavy (non-hydrogen) atoms. The van der Waals surface area contributed by atoms with Crippen LogP contribution in [-0.2, 0) is 20.7 Å². The van der Waals surface area contributed by atoms with E-state index in [9.17, 15) is 14.7 Å². The van der Waals surface area contributed by atoms with Gasteiger partial charge in [-0.25, -0.2) is 0 Å². The van der Waals surface area contributed by atoms with Crippen molar-refractivity contribution >= 4 is 35.0 Å². The standard InChI is InChI=1S/C34H47Cl2N3O5/c1-5-6-9-21(2)34(42)39(3)30-10-7-8-13-44-32-19-28(27-18-25(43-4)11-12-26(27)32)37-20-31(40)29(38-33(30)41)16-22-14-23(35)17-24(36)15-22/h11-12,14-15,17-18,21,28-32,37,40H,5-10,13,16,19-20H2,1-4H3,(H,38,41)/t21-,28-,29-,30-,31+,32+/m0/s1. The minimum Gasteiger partial charge on any atom is -0.497 e. The van der Waals surface area contributed by atoms with Crippen molar-refractivity contribution in [1.82, 2.24) is 15.5 Å². The molecule has 0 aromatic heterocycles. The van der Waals surface area contributed by atoms with Crippen LogP contribution in [0.4, 0.5) is 0 Å². The highest BCUT2D eigenvalue weighted by Gasteiger charge is 2.35. The van der Waals surface area contributed by atoms with Gasteiger partial charge in [0.15, 0.2) is 0 Å². The summed E-state index contributed by atoms with van der Waals surface area (Å²) < 4.78 is 11.8. The number of aliphatic hydroxyl groups is 1. The number of fused-ring (bicyclic) bond motifs is 5. The summed E-state index contributed by atoms with van der Waals surface area (Å²) in [4.78, 5) is 28.9. The number of ether oxygens (including phenoxy) is 2. The number of rotatable bonds is 8. The second-order valence-electron chi connectivity index (χ2n) is 12.2. The summed E-state index contributed by atoms with van der Waals surface area (Å²) >= 11 is 12.6. The zero-order valence-corrected chi connectivity index (χ0v) is 27.8. The Morgan fingerprint density at radius 2 is 1.91 bits per heavy atom. The summed E-state index contributed by atoms with van der Waals surface area (Å²) in [5, 5.41) is 19.2. The zero-order valence-electron chi connectivity index (χ0n) is 26.3. The molecule has 2 aliphatic rings. The van der Waals surface area contributed by atoms with Gasteiger partial charge in [0.1, 0.15) is 11.8 Å². The Bertz CT molecular complexity index is 1260. The number of unbranched alkanes of at least 4 members (excludes halogenated alkanes) is 1. The first-order valence-electron chi connectivity index (χ1n) is 15.8. The number of carbonyl (C=O) groups excluding carboxylic acids is 2. The van der Waals surface area contributed by atoms with Gasteiger partial charge in [-0.1, -0.05) is 56.0 Å². The molecule has 2 amide bonds. The van der Waals surface area contributed by atoms with Crippen LogP contribution in [0.3, 0.4) is 0 Å². The van der Waals surface area contributed by atoms with E-state index in [0.29, 0.717) is 35.9 Å². The largest absolute Gasteiger partial charge is 0.497 e. The van der Waals surface area contributed by atoms with Gasteiger partial charge >= 0.3 is 0 Å². The van der Waals surface area contributed by atoms with Gasteiger partial charge in [0.2, 0.25) is 11.8 Å². The van der Waals surface area contributed by atoms with E-state index in [1.807, 2.05) is 19.1 Å². The second kappa shape index (κ2) is 16.3. The van der Waals surface area contributed by atoms with Crippen LogP contribution < -0.4 is 15.4 Å². The van der Waals surface area contributed by atoms with Crippen molar-refractivity contribution in [3.05, 3.63) is 63.1 Å². The maximum atomic E-state index is 13.9. The van der Waals surface area contributed by atoms with Gasteiger partial charge in [0.25, 0.3) is 0 Å². The van der Waals surface area contributed by atoms with Gasteiger partial charge in [0.05, 0.1) is 25.4 Å². The molecular weight excluding hydrogens is 601 g/mol. The topological polar surface area (TPSA) is 100 Å². The third-order valence-corrected chi connectivity index (χ3v) is 9.37. The second-order valence-corrected chi connectivity index (χ2v) is 13.1. The summed E-state index contributed by atoms with van der Waals surface area (Å²) in [6.07, 6.45) is 4.70. The van der Waals surface area contributed by atoms with E-state index in [2.05, 4.69) is 23.6 Å². The molecule has 0 saturated carbocycles. The van der Waals surface area contributed by atoms with Crippen molar-refractivity contribution in [3.63, 3.8) is 0 Å². The number of halogens is 2. The van der Waals surface area contributed by atoms with Crippen LogP contribution in [0.1, 0.15) is 87.6 Å². The molecule has 1 saturated heterocycles. The van der Waals surface area contributed by atoms with Crippen molar-refractivity contribution in [2.24, 2.45) is 5.92 Å². The van der Waals surface area contributed by atoms with Crippen molar-refractivity contribution < 1.29 is 24.2 Å². The Balaban J connectivity index is 1.62. The molecule has 6 atom stereocenters. The molecule has 1 heterocycles. The zero-order chi connectivity index (χ0) is 31.8. The Labute approximate surface area is 271 Å². The monoisotopic (exact) mass is 647 g/mol. The van der Waals surface area contributed by atoms with Gasteiger partial charge in [-0.2, -0.15) is 0 Å². The fourth-order valence-corrected chi connectivity index (χ4v) is 6.92. The maximum absolute atomic E-state index is 13.9. The van der Waals surface area contributed by atoms with Crippen LogP contribution in [0.15, 0.2) is 36.4 Å². The Kier molecular flexibility index (Phi) is 12.8. The normalized spacial score (nSPS) is 25.2. The number of amides is 2. The molecule has 2 aromatic carbocycles. The third-order valence-electron chi connectivity index (χ3n) is 8.93. The fourth-order valence-electron chi connectivity index (χ4n) is 6.35. The summed E-state index contributed by atoms with van der Waals surface area (Å²) in [6.45, 7) is 4.80. The SMILES string of the molecule is CCCC[C@H](C)C(=O)N(C)[C@H]1CCCCO[C@@H]2C[C@H](NC[C@@H](O)[C@H](Cc3cc(Cl)cc(Cl)c3)NC1=O)c1cc(OC)ccc12. The van der Waals surface area contributed by atoms with Gasteiger partial charge in [-0.3, -0.25) is 9.59 Å². The molecule has 242 valence electrons. The van der Waals surface area contributed by atoms with Crippen LogP contribution in [0.25, 0.3) is 0 Å². The lowest BCUT2D eigenvalue weighted by atomic mass is 9.98. The summed E-state index contributed by atoms with van der Waals surface area (Å²) in [5.41, 5.74) is 3.00. The molecule has 2 bridgehead atoms. The predicted molar refractivity (Wildman–Crippen MR) is 174 cm³/mol. The molecule has 3 N–H and O–H groups in total. The average Bonchev–Trinajstić information content (AvgIpc) is 3.34. The van der Waals surface area contributed by atoms with E-state index in [4.69, 9.17) is 32.7 Å². The molecule has 4 rings (SSSR count). The summed E-state index contributed by atoms with van der Waals surface area (Å²) in [6, 6.07) is 9.89. The molecule has 1 aliphatic heterocycles. The minimum atomic E-state index is -0.944. The van der Waals surface area contributed by atoms with Crippen molar-refractivity contribution in [1.29, 1.82) is 0 Å². The lowest BCUT2D eigenvalue weighted by molar-refractivity contribution is -0.142. The highest BCUT2D eigenvalue weighted by molar-refractivity contribution is 6.34. The number of hydrogen-bond acceptors (Lipinski definition) is 6. The number of nitrogens with zero attached hydrogens (tertiary/aromatic N) is 1. The molecular formula is C34H47Cl2N3O5. The smallest absolute Gasteiger partial charge is 0.243 e. The number of β-amino-alcohol motifs (C(OH)–C–C–N with tert-alkyl or cyclic N) is 1. The van der Waals surface area contributed by atoms with E-state index in [1.54, 1.807) is 37.3 Å². The van der Waals surface area contributed by atoms with Crippen molar-refractivity contribution in [2.45, 2.75) is 95.5 Å². The molecule has 1 aliphatic carbocycles. The van der Waals surface area contributed by atoms with E-state index < -0.39 is 18.2 Å². The van der Waals surface area contributed by atoms with E-state index in [-0.39, 0.29) is 36.4 Å². The number of hydrogen-bond donors (Lipinski definition) is 3. The Morgan fingerprint density at radius 3 is 2.61 bits per heavy atom. The summed E-state index contributed by atoms with van der Waals surface area (Å²) in [7, 11) is 3.36. The maximum Gasteiger partial charge on any atom is 0.243 e. The lowest BCUT2D eigenvalue weighted by Crippen LogP contribution is -2.55. The van der Waals surface area contributed by atoms with E-state index in [0.717, 1.165) is 54.5 Å². The highest BCUT2D eigenvalue weighted by Crippen LogP contribution is 2.42. The van der Waals surface area contributed by atoms with Crippen LogP contribution in [0.2, 0.25) is 10.0 Å². The number of nitrogens with one attached hydrogen (secondary N) is 2. The predicted octanol–water partition coefficient (Wildman–Crippen LogP) is 6.02. The molecule has 1 fully saturated rings. The summed E-state index contributed by atoms with van der Waals surface area (Å²) in [5.74, 6) is 0.259. The van der Waals surface area contributed by atoms with E-state index in [1.165, 1.54) is 0 Å². The third kappa shape index (κ3) is 8.88. The fraction of sp³-hybridized carbons (Fsp3) is 0.588. The Hall–Kier alpha value is -2.36. The Morgan fingerprint density at radius 1 is 1.16 bits per heavy atom. The number of carbonyl (C=O) groups is 2. The number of likely N-dealkylation sites (N-methyl/N-ethyl adjacent to an activating group) is 1. The van der Waals surface area contributed by atoms with Crippen LogP contribution in [0.5, 0.6) is 5.75 Å². The van der Waals surface area contributed by atoms with Crippen LogP contribution >= 0.6 is 23.2 Å². The first-order chi connectivity index (χ1) is 21.1.